The third-order valence-electron chi connectivity index (χ3n) is 2.12. The number of hydrogen-bond acceptors (Lipinski definition) is 3. The molecule has 4 nitrogen and oxygen atoms in total. The summed E-state index contributed by atoms with van der Waals surface area (Å²) < 4.78 is 26.6. The van der Waals surface area contributed by atoms with E-state index in [2.05, 4.69) is 0 Å². The molecule has 0 aliphatic heterocycles. The molecular formula is C9H10F2N2O2. The largest absolute Gasteiger partial charge is 0.330 e. The highest BCUT2D eigenvalue weighted by molar-refractivity contribution is 5.37. The molecule has 0 bridgehead atoms. The summed E-state index contributed by atoms with van der Waals surface area (Å²) in [5.74, 6) is -2.37. The maximum Gasteiger partial charge on any atom is 0.275 e. The molecule has 0 aromatic heterocycles. The molecule has 0 radical (unpaired) electrons. The van der Waals surface area contributed by atoms with E-state index in [4.69, 9.17) is 5.73 Å². The van der Waals surface area contributed by atoms with Gasteiger partial charge in [-0.25, -0.2) is 8.78 Å². The average molecular weight is 216 g/mol. The average Bonchev–Trinajstić information content (AvgIpc) is 2.16. The molecule has 1 aromatic rings. The summed E-state index contributed by atoms with van der Waals surface area (Å²) in [6.45, 7) is 1.62. The zero-order chi connectivity index (χ0) is 11.6. The van der Waals surface area contributed by atoms with Crippen LogP contribution in [0.25, 0.3) is 0 Å². The third-order valence-corrected chi connectivity index (χ3v) is 2.12. The number of hydrogen-bond donors (Lipinski definition) is 1. The van der Waals surface area contributed by atoms with Crippen LogP contribution < -0.4 is 5.73 Å². The molecule has 0 saturated carbocycles. The lowest BCUT2D eigenvalue weighted by molar-refractivity contribution is -0.385. The highest BCUT2D eigenvalue weighted by Gasteiger charge is 2.20. The number of nitro groups is 1. The van der Waals surface area contributed by atoms with E-state index in [1.165, 1.54) is 0 Å². The topological polar surface area (TPSA) is 69.2 Å². The van der Waals surface area contributed by atoms with Gasteiger partial charge in [0.2, 0.25) is 0 Å². The van der Waals surface area contributed by atoms with E-state index in [1.807, 2.05) is 0 Å². The summed E-state index contributed by atoms with van der Waals surface area (Å²) in [4.78, 5) is 9.46. The Labute approximate surface area is 84.9 Å². The maximum absolute atomic E-state index is 13.3. The Kier molecular flexibility index (Phi) is 3.31. The Morgan fingerprint density at radius 3 is 2.27 bits per heavy atom. The third kappa shape index (κ3) is 2.27. The monoisotopic (exact) mass is 216 g/mol. The standard InChI is InChI=1S/C9H10F2N2O2/c1-5(4-12)9-7(10)2-6(13(14)15)3-8(9)11/h2-3,5H,4,12H2,1H3/t5-/m0/s1. The fourth-order valence-electron chi connectivity index (χ4n) is 1.26. The number of non-ortho nitro benzene ring substituents is 1. The number of nitrogens with two attached hydrogens (primary N) is 1. The van der Waals surface area contributed by atoms with E-state index < -0.39 is 28.2 Å². The van der Waals surface area contributed by atoms with E-state index in [0.717, 1.165) is 0 Å². The smallest absolute Gasteiger partial charge is 0.275 e. The second-order valence-electron chi connectivity index (χ2n) is 3.22. The van der Waals surface area contributed by atoms with Gasteiger partial charge in [-0.1, -0.05) is 6.92 Å². The summed E-state index contributed by atoms with van der Waals surface area (Å²) in [7, 11) is 0. The van der Waals surface area contributed by atoms with Crippen LogP contribution in [0.15, 0.2) is 12.1 Å². The molecule has 2 N–H and O–H groups in total. The molecule has 0 aliphatic rings. The van der Waals surface area contributed by atoms with E-state index >= 15 is 0 Å². The highest BCUT2D eigenvalue weighted by atomic mass is 19.1. The molecular weight excluding hydrogens is 206 g/mol. The molecule has 0 unspecified atom stereocenters. The van der Waals surface area contributed by atoms with Crippen molar-refractivity contribution in [1.82, 2.24) is 0 Å². The van der Waals surface area contributed by atoms with Gasteiger partial charge in [0.15, 0.2) is 0 Å². The summed E-state index contributed by atoms with van der Waals surface area (Å²) in [5, 5.41) is 10.3. The van der Waals surface area contributed by atoms with E-state index in [9.17, 15) is 18.9 Å². The van der Waals surface area contributed by atoms with Crippen molar-refractivity contribution in [2.24, 2.45) is 5.73 Å². The van der Waals surface area contributed by atoms with Gasteiger partial charge in [-0.15, -0.1) is 0 Å². The van der Waals surface area contributed by atoms with Gasteiger partial charge in [-0.2, -0.15) is 0 Å². The summed E-state index contributed by atoms with van der Waals surface area (Å²) in [5.41, 5.74) is 4.47. The first-order valence-electron chi connectivity index (χ1n) is 4.30. The molecule has 6 heteroatoms. The van der Waals surface area contributed by atoms with Crippen LogP contribution in [0, 0.1) is 21.7 Å². The fraction of sp³-hybridized carbons (Fsp3) is 0.333. The molecule has 0 amide bonds. The Balaban J connectivity index is 3.27. The van der Waals surface area contributed by atoms with Crippen LogP contribution in [0.4, 0.5) is 14.5 Å². The van der Waals surface area contributed by atoms with Crippen molar-refractivity contribution >= 4 is 5.69 Å². The Morgan fingerprint density at radius 2 is 1.93 bits per heavy atom. The molecule has 1 aromatic carbocycles. The van der Waals surface area contributed by atoms with Gasteiger partial charge >= 0.3 is 0 Å². The molecule has 82 valence electrons. The van der Waals surface area contributed by atoms with E-state index in [-0.39, 0.29) is 12.1 Å². The SMILES string of the molecule is C[C@@H](CN)c1c(F)cc([N+](=O)[O-])cc1F. The van der Waals surface area contributed by atoms with Crippen LogP contribution in [0.1, 0.15) is 18.4 Å². The van der Waals surface area contributed by atoms with Crippen LogP contribution in [-0.2, 0) is 0 Å². The van der Waals surface area contributed by atoms with Crippen molar-refractivity contribution in [2.75, 3.05) is 6.54 Å². The zero-order valence-corrected chi connectivity index (χ0v) is 8.04. The van der Waals surface area contributed by atoms with Crippen molar-refractivity contribution in [1.29, 1.82) is 0 Å². The van der Waals surface area contributed by atoms with E-state index in [1.54, 1.807) is 6.92 Å². The van der Waals surface area contributed by atoms with Crippen molar-refractivity contribution in [2.45, 2.75) is 12.8 Å². The molecule has 15 heavy (non-hydrogen) atoms. The summed E-state index contributed by atoms with van der Waals surface area (Å²) >= 11 is 0. The fourth-order valence-corrected chi connectivity index (χ4v) is 1.26. The maximum atomic E-state index is 13.3. The minimum atomic E-state index is -0.931. The molecule has 0 saturated heterocycles. The van der Waals surface area contributed by atoms with Gasteiger partial charge in [0.1, 0.15) is 11.6 Å². The zero-order valence-electron chi connectivity index (χ0n) is 8.04. The van der Waals surface area contributed by atoms with Gasteiger partial charge < -0.3 is 5.73 Å². The second-order valence-corrected chi connectivity index (χ2v) is 3.22. The molecule has 0 aliphatic carbocycles. The Morgan fingerprint density at radius 1 is 1.47 bits per heavy atom. The van der Waals surface area contributed by atoms with Gasteiger partial charge in [0.25, 0.3) is 5.69 Å². The summed E-state index contributed by atoms with van der Waals surface area (Å²) in [6.07, 6.45) is 0. The first kappa shape index (κ1) is 11.5. The number of rotatable bonds is 3. The predicted octanol–water partition coefficient (Wildman–Crippen LogP) is 1.94. The first-order chi connectivity index (χ1) is 6.97. The quantitative estimate of drug-likeness (QED) is 0.620. The van der Waals surface area contributed by atoms with Crippen molar-refractivity contribution < 1.29 is 13.7 Å². The van der Waals surface area contributed by atoms with Crippen LogP contribution in [-0.4, -0.2) is 11.5 Å². The van der Waals surface area contributed by atoms with Crippen molar-refractivity contribution in [3.63, 3.8) is 0 Å². The summed E-state index contributed by atoms with van der Waals surface area (Å²) in [6, 6.07) is 1.40. The minimum absolute atomic E-state index is 0.0751. The van der Waals surface area contributed by atoms with E-state index in [0.29, 0.717) is 12.1 Å². The Bertz CT molecular complexity index is 373. The first-order valence-corrected chi connectivity index (χ1v) is 4.30. The molecule has 0 fully saturated rings. The van der Waals surface area contributed by atoms with Crippen LogP contribution in [0.5, 0.6) is 0 Å². The lowest BCUT2D eigenvalue weighted by atomic mass is 10.00. The molecule has 0 spiro atoms. The van der Waals surface area contributed by atoms with Gasteiger partial charge in [0, 0.05) is 5.56 Å². The van der Waals surface area contributed by atoms with Crippen molar-refractivity contribution in [3.05, 3.63) is 39.4 Å². The van der Waals surface area contributed by atoms with Crippen LogP contribution >= 0.6 is 0 Å². The molecule has 1 rings (SSSR count). The number of nitrogens with zero attached hydrogens (tertiary/aromatic N) is 1. The molecule has 0 heterocycles. The highest BCUT2D eigenvalue weighted by Crippen LogP contribution is 2.26. The normalized spacial score (nSPS) is 12.5. The van der Waals surface area contributed by atoms with Gasteiger partial charge in [-0.3, -0.25) is 10.1 Å². The Hall–Kier alpha value is -1.56. The van der Waals surface area contributed by atoms with Crippen LogP contribution in [0.2, 0.25) is 0 Å². The molecule has 1 atom stereocenters. The van der Waals surface area contributed by atoms with Crippen LogP contribution in [0.3, 0.4) is 0 Å². The second kappa shape index (κ2) is 4.31. The predicted molar refractivity (Wildman–Crippen MR) is 50.5 cm³/mol. The number of nitro benzene ring substituents is 1. The lowest BCUT2D eigenvalue weighted by Crippen LogP contribution is -2.12. The van der Waals surface area contributed by atoms with Crippen molar-refractivity contribution in [3.8, 4) is 0 Å². The lowest BCUT2D eigenvalue weighted by Gasteiger charge is -2.10. The number of halogens is 2. The minimum Gasteiger partial charge on any atom is -0.330 e. The van der Waals surface area contributed by atoms with Gasteiger partial charge in [0.05, 0.1) is 17.1 Å². The number of benzene rings is 1. The van der Waals surface area contributed by atoms with Gasteiger partial charge in [-0.05, 0) is 12.5 Å².